The van der Waals surface area contributed by atoms with Gasteiger partial charge in [-0.1, -0.05) is 115 Å². The highest BCUT2D eigenvalue weighted by Gasteiger charge is 2.24. The molecular weight excluding hydrogens is 710 g/mol. The molecule has 0 aliphatic rings. The molecule has 3 aromatic heterocycles. The van der Waals surface area contributed by atoms with Gasteiger partial charge in [0.1, 0.15) is 5.65 Å². The van der Waals surface area contributed by atoms with E-state index < -0.39 is 0 Å². The molecule has 0 aliphatic carbocycles. The van der Waals surface area contributed by atoms with Gasteiger partial charge in [0.15, 0.2) is 0 Å². The summed E-state index contributed by atoms with van der Waals surface area (Å²) in [5.41, 5.74) is 11.2. The summed E-state index contributed by atoms with van der Waals surface area (Å²) in [6.45, 7) is 0. The fourth-order valence-electron chi connectivity index (χ4n) is 8.31. The molecule has 0 unspecified atom stereocenters. The second-order valence-electron chi connectivity index (χ2n) is 13.9. The van der Waals surface area contributed by atoms with Crippen molar-refractivity contribution in [2.75, 3.05) is 4.90 Å². The molecule has 0 saturated heterocycles. The highest BCUT2D eigenvalue weighted by molar-refractivity contribution is 7.25. The van der Waals surface area contributed by atoms with Crippen LogP contribution >= 0.6 is 22.9 Å². The maximum Gasteiger partial charge on any atom is 0.131 e. The van der Waals surface area contributed by atoms with Crippen LogP contribution in [0.3, 0.4) is 0 Å². The number of anilines is 3. The number of para-hydroxylation sites is 2. The first kappa shape index (κ1) is 31.9. The Hall–Kier alpha value is -6.59. The predicted molar refractivity (Wildman–Crippen MR) is 236 cm³/mol. The molecule has 0 amide bonds. The van der Waals surface area contributed by atoms with Gasteiger partial charge in [-0.2, -0.15) is 0 Å². The summed E-state index contributed by atoms with van der Waals surface area (Å²) in [4.78, 5) is 2.40. The van der Waals surface area contributed by atoms with Gasteiger partial charge in [0.05, 0.1) is 11.0 Å². The Morgan fingerprint density at radius 3 is 1.73 bits per heavy atom. The summed E-state index contributed by atoms with van der Waals surface area (Å²) in [7, 11) is 0. The SMILES string of the molecule is Clc1ccc2c(c1)c1c3ccc(N(c4ccc(-c5ccccc5)cc4)c4ccc5sc6ccccc6c5c4)cc3n(-c3ccccc3)c1n2-c1ccccc1. The van der Waals surface area contributed by atoms with E-state index >= 15 is 0 Å². The molecule has 0 radical (unpaired) electrons. The van der Waals surface area contributed by atoms with E-state index in [0.29, 0.717) is 0 Å². The van der Waals surface area contributed by atoms with Gasteiger partial charge >= 0.3 is 0 Å². The monoisotopic (exact) mass is 741 g/mol. The van der Waals surface area contributed by atoms with Crippen LogP contribution in [0.5, 0.6) is 0 Å². The lowest BCUT2D eigenvalue weighted by Crippen LogP contribution is -2.10. The quantitative estimate of drug-likeness (QED) is 0.165. The minimum atomic E-state index is 0.721. The zero-order valence-corrected chi connectivity index (χ0v) is 31.2. The van der Waals surface area contributed by atoms with E-state index in [1.165, 1.54) is 42.1 Å². The average Bonchev–Trinajstić information content (AvgIpc) is 3.89. The lowest BCUT2D eigenvalue weighted by atomic mass is 10.0. The van der Waals surface area contributed by atoms with E-state index in [1.54, 1.807) is 0 Å². The van der Waals surface area contributed by atoms with Gasteiger partial charge in [0.25, 0.3) is 0 Å². The number of fused-ring (bicyclic) bond motifs is 8. The summed E-state index contributed by atoms with van der Waals surface area (Å²) in [6.07, 6.45) is 0. The third-order valence-electron chi connectivity index (χ3n) is 10.7. The molecule has 55 heavy (non-hydrogen) atoms. The number of thiophene rings is 1. The van der Waals surface area contributed by atoms with Crippen LogP contribution in [0.25, 0.3) is 75.5 Å². The van der Waals surface area contributed by atoms with Crippen LogP contribution in [0.2, 0.25) is 5.02 Å². The zero-order chi connectivity index (χ0) is 36.5. The minimum absolute atomic E-state index is 0.721. The summed E-state index contributed by atoms with van der Waals surface area (Å²) in [5, 5.41) is 6.75. The molecule has 5 heteroatoms. The fourth-order valence-corrected chi connectivity index (χ4v) is 9.57. The molecule has 0 spiro atoms. The lowest BCUT2D eigenvalue weighted by Gasteiger charge is -2.26. The largest absolute Gasteiger partial charge is 0.310 e. The molecule has 0 atom stereocenters. The van der Waals surface area contributed by atoms with Crippen molar-refractivity contribution < 1.29 is 0 Å². The van der Waals surface area contributed by atoms with Gasteiger partial charge in [0, 0.05) is 69.8 Å². The molecule has 0 N–H and O–H groups in total. The molecule has 3 heterocycles. The van der Waals surface area contributed by atoms with Crippen molar-refractivity contribution in [1.82, 2.24) is 9.13 Å². The third kappa shape index (κ3) is 5.18. The van der Waals surface area contributed by atoms with Crippen LogP contribution in [0.1, 0.15) is 0 Å². The Balaban J connectivity index is 1.20. The van der Waals surface area contributed by atoms with Crippen LogP contribution in [0, 0.1) is 0 Å². The van der Waals surface area contributed by atoms with Crippen LogP contribution in [-0.2, 0) is 0 Å². The Kier molecular flexibility index (Phi) is 7.41. The van der Waals surface area contributed by atoms with Crippen LogP contribution in [0.4, 0.5) is 17.1 Å². The Bertz CT molecular complexity index is 3200. The van der Waals surface area contributed by atoms with Crippen molar-refractivity contribution in [3.05, 3.63) is 199 Å². The summed E-state index contributed by atoms with van der Waals surface area (Å²) >= 11 is 8.60. The number of hydrogen-bond acceptors (Lipinski definition) is 2. The second-order valence-corrected chi connectivity index (χ2v) is 15.5. The van der Waals surface area contributed by atoms with Crippen molar-refractivity contribution in [3.8, 4) is 22.5 Å². The number of halogens is 1. The molecule has 0 fully saturated rings. The number of nitrogens with zero attached hydrogens (tertiary/aromatic N) is 3. The van der Waals surface area contributed by atoms with Crippen LogP contribution in [-0.4, -0.2) is 9.13 Å². The Morgan fingerprint density at radius 2 is 0.982 bits per heavy atom. The Labute approximate surface area is 327 Å². The second kappa shape index (κ2) is 12.8. The first-order chi connectivity index (χ1) is 27.2. The fraction of sp³-hybridized carbons (Fsp3) is 0. The molecular formula is C50H32ClN3S. The van der Waals surface area contributed by atoms with Gasteiger partial charge < -0.3 is 4.90 Å². The summed E-state index contributed by atoms with van der Waals surface area (Å²) < 4.78 is 7.38. The standard InChI is InChI=1S/C50H32ClN3S/c51-35-22-28-45-44(30-35)49-42-27-25-40(32-46(42)54(37-16-8-3-9-17-37)50(49)53(45)36-14-6-2-7-15-36)52(38-23-20-34(21-24-38)33-12-4-1-5-13-33)39-26-29-48-43(31-39)41-18-10-11-19-47(41)55-48/h1-32H. The summed E-state index contributed by atoms with van der Waals surface area (Å²) in [6, 6.07) is 69.6. The molecule has 11 aromatic rings. The highest BCUT2D eigenvalue weighted by atomic mass is 35.5. The lowest BCUT2D eigenvalue weighted by molar-refractivity contribution is 1.07. The van der Waals surface area contributed by atoms with Crippen molar-refractivity contribution in [1.29, 1.82) is 0 Å². The van der Waals surface area contributed by atoms with Crippen molar-refractivity contribution in [2.45, 2.75) is 0 Å². The number of aromatic nitrogens is 2. The van der Waals surface area contributed by atoms with E-state index in [4.69, 9.17) is 11.6 Å². The maximum atomic E-state index is 6.75. The molecule has 260 valence electrons. The smallest absolute Gasteiger partial charge is 0.131 e. The predicted octanol–water partition coefficient (Wildman–Crippen LogP) is 14.9. The Morgan fingerprint density at radius 1 is 0.400 bits per heavy atom. The number of rotatable bonds is 6. The highest BCUT2D eigenvalue weighted by Crippen LogP contribution is 2.45. The molecule has 0 aliphatic heterocycles. The van der Waals surface area contributed by atoms with Crippen LogP contribution < -0.4 is 4.90 Å². The van der Waals surface area contributed by atoms with Gasteiger partial charge in [-0.15, -0.1) is 11.3 Å². The first-order valence-electron chi connectivity index (χ1n) is 18.5. The van der Waals surface area contributed by atoms with Crippen LogP contribution in [0.15, 0.2) is 194 Å². The maximum absolute atomic E-state index is 6.75. The molecule has 11 rings (SSSR count). The molecule has 0 bridgehead atoms. The van der Waals surface area contributed by atoms with E-state index in [0.717, 1.165) is 55.5 Å². The normalized spacial score (nSPS) is 11.7. The summed E-state index contributed by atoms with van der Waals surface area (Å²) in [5.74, 6) is 0. The number of benzene rings is 8. The first-order valence-corrected chi connectivity index (χ1v) is 19.6. The zero-order valence-electron chi connectivity index (χ0n) is 29.6. The van der Waals surface area contributed by atoms with Crippen molar-refractivity contribution in [2.24, 2.45) is 0 Å². The molecule has 0 saturated carbocycles. The van der Waals surface area contributed by atoms with E-state index in [1.807, 2.05) is 17.4 Å². The van der Waals surface area contributed by atoms with E-state index in [2.05, 4.69) is 202 Å². The van der Waals surface area contributed by atoms with Crippen molar-refractivity contribution >= 4 is 93.0 Å². The van der Waals surface area contributed by atoms with E-state index in [-0.39, 0.29) is 0 Å². The molecule has 3 nitrogen and oxygen atoms in total. The average molecular weight is 742 g/mol. The topological polar surface area (TPSA) is 13.1 Å². The number of hydrogen-bond donors (Lipinski definition) is 0. The van der Waals surface area contributed by atoms with Gasteiger partial charge in [-0.3, -0.25) is 9.13 Å². The minimum Gasteiger partial charge on any atom is -0.310 e. The van der Waals surface area contributed by atoms with Gasteiger partial charge in [-0.25, -0.2) is 0 Å². The van der Waals surface area contributed by atoms with Gasteiger partial charge in [-0.05, 0) is 102 Å². The van der Waals surface area contributed by atoms with E-state index in [9.17, 15) is 0 Å². The van der Waals surface area contributed by atoms with Gasteiger partial charge in [0.2, 0.25) is 0 Å². The molecule has 8 aromatic carbocycles. The van der Waals surface area contributed by atoms with Crippen molar-refractivity contribution in [3.63, 3.8) is 0 Å². The third-order valence-corrected chi connectivity index (χ3v) is 12.1.